The third-order valence-electron chi connectivity index (χ3n) is 6.11. The summed E-state index contributed by atoms with van der Waals surface area (Å²) in [5.74, 6) is -1.11. The Morgan fingerprint density at radius 2 is 1.79 bits per heavy atom. The van der Waals surface area contributed by atoms with Gasteiger partial charge in [-0.3, -0.25) is 24.6 Å². The van der Waals surface area contributed by atoms with Gasteiger partial charge in [0.1, 0.15) is 11.4 Å². The van der Waals surface area contributed by atoms with Gasteiger partial charge in [0.05, 0.1) is 35.1 Å². The van der Waals surface area contributed by atoms with E-state index in [1.807, 2.05) is 0 Å². The van der Waals surface area contributed by atoms with E-state index in [4.69, 9.17) is 9.15 Å². The summed E-state index contributed by atoms with van der Waals surface area (Å²) in [6, 6.07) is 8.52. The molecular weight excluding hydrogens is 433 g/mol. The predicted molar refractivity (Wildman–Crippen MR) is 116 cm³/mol. The van der Waals surface area contributed by atoms with Gasteiger partial charge in [0.15, 0.2) is 5.43 Å². The lowest BCUT2D eigenvalue weighted by Gasteiger charge is -2.31. The highest BCUT2D eigenvalue weighted by Gasteiger charge is 2.42. The highest BCUT2D eigenvalue weighted by atomic mass is 19.1. The topological polar surface area (TPSA) is 106 Å². The third-order valence-corrected chi connectivity index (χ3v) is 6.11. The lowest BCUT2D eigenvalue weighted by atomic mass is 9.98. The number of hydrogen-bond donors (Lipinski definition) is 0. The molecule has 1 atom stereocenters. The van der Waals surface area contributed by atoms with Crippen LogP contribution in [0.15, 0.2) is 51.7 Å². The molecule has 3 aromatic rings. The Bertz CT molecular complexity index is 1300. The van der Waals surface area contributed by atoms with E-state index in [0.29, 0.717) is 31.9 Å². The molecule has 3 heterocycles. The van der Waals surface area contributed by atoms with Crippen molar-refractivity contribution in [2.24, 2.45) is 0 Å². The van der Waals surface area contributed by atoms with Crippen LogP contribution < -0.4 is 5.43 Å². The largest absolute Gasteiger partial charge is 0.450 e. The number of nitro benzene ring substituents is 1. The maximum Gasteiger partial charge on any atom is 0.290 e. The number of nitrogens with zero attached hydrogens (tertiary/aromatic N) is 3. The molecule has 2 aliphatic heterocycles. The molecule has 1 fully saturated rings. The monoisotopic (exact) mass is 453 g/mol. The van der Waals surface area contributed by atoms with E-state index in [1.165, 1.54) is 36.4 Å². The standard InChI is InChI=1S/C23H20FN3O6/c24-15-3-6-18-17(13-15)21(28)19-20(14-1-4-16(5-2-14)27(30)31)26(23(29)22(19)33-18)8-7-25-9-11-32-12-10-25/h1-6,13,20H,7-12H2. The first-order valence-corrected chi connectivity index (χ1v) is 10.6. The Hall–Kier alpha value is -3.63. The molecule has 1 aromatic heterocycles. The molecule has 10 heteroatoms. The molecule has 5 rings (SSSR count). The molecule has 0 N–H and O–H groups in total. The van der Waals surface area contributed by atoms with E-state index in [-0.39, 0.29) is 28.0 Å². The SMILES string of the molecule is O=C1c2oc3ccc(F)cc3c(=O)c2C(c2ccc([N+](=O)[O-])cc2)N1CCN1CCOCC1. The minimum absolute atomic E-state index is 0.0449. The van der Waals surface area contributed by atoms with Crippen LogP contribution in [-0.4, -0.2) is 60.0 Å². The van der Waals surface area contributed by atoms with Gasteiger partial charge < -0.3 is 14.1 Å². The number of halogens is 1. The first-order valence-electron chi connectivity index (χ1n) is 10.6. The average Bonchev–Trinajstić information content (AvgIpc) is 3.10. The van der Waals surface area contributed by atoms with E-state index in [9.17, 15) is 24.1 Å². The Labute approximate surface area is 187 Å². The number of rotatable bonds is 5. The van der Waals surface area contributed by atoms with Crippen molar-refractivity contribution in [3.05, 3.63) is 85.5 Å². The number of morpholine rings is 1. The summed E-state index contributed by atoms with van der Waals surface area (Å²) in [5, 5.41) is 11.1. The van der Waals surface area contributed by atoms with Crippen molar-refractivity contribution >= 4 is 22.6 Å². The molecule has 9 nitrogen and oxygen atoms in total. The van der Waals surface area contributed by atoms with Crippen LogP contribution in [-0.2, 0) is 4.74 Å². The van der Waals surface area contributed by atoms with Crippen LogP contribution in [0.1, 0.15) is 27.7 Å². The van der Waals surface area contributed by atoms with E-state index in [1.54, 1.807) is 4.90 Å². The number of fused-ring (bicyclic) bond motifs is 2. The second-order valence-corrected chi connectivity index (χ2v) is 8.02. The molecule has 1 amide bonds. The Morgan fingerprint density at radius 1 is 1.06 bits per heavy atom. The van der Waals surface area contributed by atoms with Crippen molar-refractivity contribution in [3.8, 4) is 0 Å². The molecule has 1 unspecified atom stereocenters. The zero-order valence-electron chi connectivity index (χ0n) is 17.5. The van der Waals surface area contributed by atoms with Crippen molar-refractivity contribution in [1.29, 1.82) is 0 Å². The van der Waals surface area contributed by atoms with Gasteiger partial charge >= 0.3 is 0 Å². The molecule has 170 valence electrons. The maximum absolute atomic E-state index is 13.9. The minimum atomic E-state index is -0.793. The predicted octanol–water partition coefficient (Wildman–Crippen LogP) is 2.72. The van der Waals surface area contributed by atoms with Crippen molar-refractivity contribution in [3.63, 3.8) is 0 Å². The van der Waals surface area contributed by atoms with Gasteiger partial charge in [-0.05, 0) is 35.9 Å². The molecule has 2 aliphatic rings. The van der Waals surface area contributed by atoms with Gasteiger partial charge in [0, 0.05) is 38.3 Å². The number of ether oxygens (including phenoxy) is 1. The van der Waals surface area contributed by atoms with Crippen molar-refractivity contribution in [1.82, 2.24) is 9.80 Å². The number of non-ortho nitro benzene ring substituents is 1. The van der Waals surface area contributed by atoms with Gasteiger partial charge in [-0.25, -0.2) is 4.39 Å². The minimum Gasteiger partial charge on any atom is -0.450 e. The molecule has 0 spiro atoms. The van der Waals surface area contributed by atoms with Gasteiger partial charge in [0.25, 0.3) is 11.6 Å². The Morgan fingerprint density at radius 3 is 2.48 bits per heavy atom. The summed E-state index contributed by atoms with van der Waals surface area (Å²) in [5.41, 5.74) is 0.199. The van der Waals surface area contributed by atoms with Crippen LogP contribution in [0.25, 0.3) is 11.0 Å². The van der Waals surface area contributed by atoms with Crippen molar-refractivity contribution in [2.75, 3.05) is 39.4 Å². The maximum atomic E-state index is 13.9. The van der Waals surface area contributed by atoms with Crippen LogP contribution in [0.3, 0.4) is 0 Å². The fourth-order valence-corrected chi connectivity index (χ4v) is 4.42. The summed E-state index contributed by atoms with van der Waals surface area (Å²) >= 11 is 0. The number of amides is 1. The van der Waals surface area contributed by atoms with E-state index >= 15 is 0 Å². The van der Waals surface area contributed by atoms with Crippen LogP contribution in [0.2, 0.25) is 0 Å². The van der Waals surface area contributed by atoms with E-state index in [2.05, 4.69) is 4.90 Å². The fourth-order valence-electron chi connectivity index (χ4n) is 4.42. The normalized spacial score (nSPS) is 18.6. The van der Waals surface area contributed by atoms with Crippen LogP contribution in [0.4, 0.5) is 10.1 Å². The van der Waals surface area contributed by atoms with Crippen LogP contribution >= 0.6 is 0 Å². The summed E-state index contributed by atoms with van der Waals surface area (Å²) in [7, 11) is 0. The molecule has 0 saturated carbocycles. The van der Waals surface area contributed by atoms with Gasteiger partial charge in [-0.2, -0.15) is 0 Å². The number of hydrogen-bond acceptors (Lipinski definition) is 7. The fraction of sp³-hybridized carbons (Fsp3) is 0.304. The quantitative estimate of drug-likeness (QED) is 0.432. The van der Waals surface area contributed by atoms with Crippen molar-refractivity contribution in [2.45, 2.75) is 6.04 Å². The average molecular weight is 453 g/mol. The number of benzene rings is 2. The molecule has 2 aromatic carbocycles. The number of carbonyl (C=O) groups is 1. The third kappa shape index (κ3) is 3.77. The van der Waals surface area contributed by atoms with Gasteiger partial charge in [0.2, 0.25) is 5.76 Å². The second kappa shape index (κ2) is 8.38. The van der Waals surface area contributed by atoms with Crippen LogP contribution in [0.5, 0.6) is 0 Å². The molecular formula is C23H20FN3O6. The zero-order valence-corrected chi connectivity index (χ0v) is 17.5. The highest BCUT2D eigenvalue weighted by molar-refractivity contribution is 5.99. The number of nitro groups is 1. The molecule has 0 aliphatic carbocycles. The second-order valence-electron chi connectivity index (χ2n) is 8.02. The first-order chi connectivity index (χ1) is 15.9. The molecule has 0 bridgehead atoms. The lowest BCUT2D eigenvalue weighted by molar-refractivity contribution is -0.384. The molecule has 0 radical (unpaired) electrons. The summed E-state index contributed by atoms with van der Waals surface area (Å²) in [4.78, 5) is 41.0. The van der Waals surface area contributed by atoms with E-state index < -0.39 is 28.1 Å². The lowest BCUT2D eigenvalue weighted by Crippen LogP contribution is -2.42. The Kier molecular flexibility index (Phi) is 5.39. The summed E-state index contributed by atoms with van der Waals surface area (Å²) in [6.45, 7) is 3.56. The van der Waals surface area contributed by atoms with Crippen LogP contribution in [0, 0.1) is 15.9 Å². The Balaban J connectivity index is 1.60. The number of carbonyl (C=O) groups excluding carboxylic acids is 1. The summed E-state index contributed by atoms with van der Waals surface area (Å²) < 4.78 is 25.0. The first kappa shape index (κ1) is 21.2. The van der Waals surface area contributed by atoms with Gasteiger partial charge in [-0.1, -0.05) is 0 Å². The molecule has 33 heavy (non-hydrogen) atoms. The van der Waals surface area contributed by atoms with E-state index in [0.717, 1.165) is 19.2 Å². The van der Waals surface area contributed by atoms with Gasteiger partial charge in [-0.15, -0.1) is 0 Å². The highest BCUT2D eigenvalue weighted by Crippen LogP contribution is 2.38. The summed E-state index contributed by atoms with van der Waals surface area (Å²) in [6.07, 6.45) is 0. The smallest absolute Gasteiger partial charge is 0.290 e. The molecule has 1 saturated heterocycles. The van der Waals surface area contributed by atoms with Crippen molar-refractivity contribution < 1.29 is 23.3 Å². The zero-order chi connectivity index (χ0) is 23.1.